The van der Waals surface area contributed by atoms with Crippen LogP contribution >= 0.6 is 46.0 Å². The van der Waals surface area contributed by atoms with Crippen LogP contribution < -0.4 is 55.9 Å². The van der Waals surface area contributed by atoms with E-state index in [0.29, 0.717) is 0 Å². The third-order valence-corrected chi connectivity index (χ3v) is 23.9. The molecule has 0 heterocycles. The topological polar surface area (TPSA) is 446 Å². The SMILES string of the molecule is CN(C)P(=O)(OP(=O)(N(C)C)N(C)C)N(C)C.CN(C)P(=O)(OP(=O)(N(C)C)N(C)C)N(C)C.CN(C)P(=O)(OP(=O)(N(C)C)N(C)C)N(C)C.[Fe+3].[O-][Cl+3]([O-])([O-])[O-].[O-][Cl+3]([O-])([O-])[O-].[O-][Cl+3]([O-])([O-])[O-]. The van der Waals surface area contributed by atoms with Gasteiger partial charge in [-0.3, -0.25) is 27.4 Å². The van der Waals surface area contributed by atoms with Gasteiger partial charge >= 0.3 is 63.1 Å². The van der Waals surface area contributed by atoms with Gasteiger partial charge in [-0.2, -0.15) is 0 Å². The van der Waals surface area contributed by atoms with Crippen molar-refractivity contribution in [3.8, 4) is 0 Å². The van der Waals surface area contributed by atoms with Crippen LogP contribution in [0.15, 0.2) is 0 Å². The van der Waals surface area contributed by atoms with E-state index in [4.69, 9.17) is 68.8 Å². The average molecular weight is 1210 g/mol. The van der Waals surface area contributed by atoms with Crippen LogP contribution in [-0.2, 0) is 57.4 Å². The Morgan fingerprint density at radius 3 is 0.299 bits per heavy atom. The van der Waals surface area contributed by atoms with E-state index in [1.165, 1.54) is 56.0 Å². The molecule has 0 fully saturated rings. The molecule has 0 aromatic rings. The maximum absolute atomic E-state index is 12.6. The van der Waals surface area contributed by atoms with E-state index in [9.17, 15) is 27.4 Å². The van der Waals surface area contributed by atoms with Gasteiger partial charge in [0.1, 0.15) is 0 Å². The van der Waals surface area contributed by atoms with Gasteiger partial charge in [0.25, 0.3) is 0 Å². The second-order valence-corrected chi connectivity index (χ2v) is 34.2. The summed E-state index contributed by atoms with van der Waals surface area (Å²) in [6, 6.07) is 0. The quantitative estimate of drug-likeness (QED) is 0.0908. The van der Waals surface area contributed by atoms with Gasteiger partial charge < -0.3 is 0 Å². The molecule has 0 N–H and O–H groups in total. The normalized spacial score (nSPS) is 13.6. The molecule has 0 amide bonds. The molecule has 0 spiro atoms. The molecular weight excluding hydrogens is 1140 g/mol. The zero-order valence-electron chi connectivity index (χ0n) is 42.1. The summed E-state index contributed by atoms with van der Waals surface area (Å²) in [6.07, 6.45) is 0. The Morgan fingerprint density at radius 1 is 0.224 bits per heavy atom. The van der Waals surface area contributed by atoms with Crippen molar-refractivity contribution in [3.05, 3.63) is 0 Å². The zero-order chi connectivity index (χ0) is 55.5. The number of nitrogens with zero attached hydrogens (tertiary/aromatic N) is 12. The van der Waals surface area contributed by atoms with Crippen LogP contribution in [0.4, 0.5) is 0 Å². The standard InChI is InChI=1S/3C8H24N4O3P2.3ClHO4.Fe/c3*1-9(2)16(13,10(3)4)15-17(14,11(5)6)12(7)8;3*2-1(3,4)5;/h3*1-8H3;3*(H,2,3,4,5);/q;;;;;;+3/p-3. The minimum absolute atomic E-state index is 0. The number of rotatable bonds is 18. The van der Waals surface area contributed by atoms with Crippen molar-refractivity contribution in [1.82, 2.24) is 56.0 Å². The molecule has 0 aromatic carbocycles. The molecule has 0 atom stereocenters. The minimum atomic E-state index is -4.94. The molecular formula is C24H72Cl3FeN12O21P6. The fourth-order valence-electron chi connectivity index (χ4n) is 3.44. The van der Waals surface area contributed by atoms with E-state index in [1.54, 1.807) is 169 Å². The third-order valence-electron chi connectivity index (χ3n) is 6.70. The molecule has 67 heavy (non-hydrogen) atoms. The van der Waals surface area contributed by atoms with Gasteiger partial charge in [0.15, 0.2) is 0 Å². The molecule has 33 nitrogen and oxygen atoms in total. The smallest absolute Gasteiger partial charge is 0.255 e. The minimum Gasteiger partial charge on any atom is -0.255 e. The molecule has 0 bridgehead atoms. The molecule has 0 rings (SSSR count). The number of hydrogen-bond acceptors (Lipinski definition) is 21. The molecule has 43 heteroatoms. The van der Waals surface area contributed by atoms with E-state index >= 15 is 0 Å². The number of halogens is 3. The monoisotopic (exact) mass is 1210 g/mol. The fourth-order valence-corrected chi connectivity index (χ4v) is 18.1. The summed E-state index contributed by atoms with van der Waals surface area (Å²) in [5, 5.41) is 0. The molecule has 0 aliphatic rings. The van der Waals surface area contributed by atoms with Crippen LogP contribution in [0.5, 0.6) is 0 Å². The molecule has 1 radical (unpaired) electrons. The van der Waals surface area contributed by atoms with Crippen molar-refractivity contribution < 1.29 is 144 Å². The first kappa shape index (κ1) is 82.7. The largest absolute Gasteiger partial charge is 3.00 e. The zero-order valence-corrected chi connectivity index (χ0v) is 50.8. The van der Waals surface area contributed by atoms with E-state index in [-0.39, 0.29) is 17.1 Å². The molecule has 0 aromatic heterocycles. The Morgan fingerprint density at radius 2 is 0.269 bits per heavy atom. The van der Waals surface area contributed by atoms with Gasteiger partial charge in [-0.15, -0.1) is 30.7 Å². The van der Waals surface area contributed by atoms with Crippen molar-refractivity contribution in [2.45, 2.75) is 0 Å². The van der Waals surface area contributed by atoms with E-state index in [0.717, 1.165) is 0 Å². The Balaban J connectivity index is -0.000000138. The predicted octanol–water partition coefficient (Wildman–Crippen LogP) is -9.87. The summed E-state index contributed by atoms with van der Waals surface area (Å²) in [4.78, 5) is 0. The summed E-state index contributed by atoms with van der Waals surface area (Å²) >= 11 is 0. The van der Waals surface area contributed by atoms with Crippen molar-refractivity contribution in [2.24, 2.45) is 0 Å². The van der Waals surface area contributed by atoms with Gasteiger partial charge in [-0.05, 0) is 169 Å². The maximum Gasteiger partial charge on any atom is 3.00 e. The van der Waals surface area contributed by atoms with Crippen molar-refractivity contribution in [3.63, 3.8) is 0 Å². The van der Waals surface area contributed by atoms with Gasteiger partial charge in [-0.25, -0.2) is 125 Å². The van der Waals surface area contributed by atoms with Gasteiger partial charge in [0.05, 0.1) is 0 Å². The first-order valence-corrected chi connectivity index (χ1v) is 30.1. The Bertz CT molecular complexity index is 1290. The van der Waals surface area contributed by atoms with Crippen LogP contribution in [-0.4, -0.2) is 225 Å². The summed E-state index contributed by atoms with van der Waals surface area (Å²) in [6.45, 7) is 0. The van der Waals surface area contributed by atoms with Crippen LogP contribution in [0.3, 0.4) is 0 Å². The Kier molecular flexibility index (Phi) is 41.4. The summed E-state index contributed by atoms with van der Waals surface area (Å²) in [7, 11) is 4.78. The van der Waals surface area contributed by atoms with Gasteiger partial charge in [0, 0.05) is 0 Å². The molecule has 0 unspecified atom stereocenters. The summed E-state index contributed by atoms with van der Waals surface area (Å²) in [5.74, 6) is 0. The first-order chi connectivity index (χ1) is 28.4. The van der Waals surface area contributed by atoms with Crippen LogP contribution in [0, 0.1) is 30.7 Å². The van der Waals surface area contributed by atoms with E-state index in [2.05, 4.69) is 0 Å². The Hall–Kier alpha value is 1.69. The van der Waals surface area contributed by atoms with Gasteiger partial charge in [-0.1, -0.05) is 0 Å². The molecule has 0 aliphatic carbocycles. The van der Waals surface area contributed by atoms with E-state index < -0.39 is 76.8 Å². The third kappa shape index (κ3) is 34.7. The maximum atomic E-state index is 12.6. The first-order valence-electron chi connectivity index (χ1n) is 17.2. The second kappa shape index (κ2) is 33.6. The van der Waals surface area contributed by atoms with Crippen molar-refractivity contribution >= 4 is 46.0 Å². The predicted molar refractivity (Wildman–Crippen MR) is 213 cm³/mol. The van der Waals surface area contributed by atoms with Crippen LogP contribution in [0.2, 0.25) is 0 Å². The summed E-state index contributed by atoms with van der Waals surface area (Å²) < 4.78 is 212. The molecule has 413 valence electrons. The van der Waals surface area contributed by atoms with Crippen LogP contribution in [0.25, 0.3) is 0 Å². The summed E-state index contributed by atoms with van der Waals surface area (Å²) in [5.41, 5.74) is 0. The Labute approximate surface area is 413 Å². The fraction of sp³-hybridized carbons (Fsp3) is 1.00. The molecule has 0 saturated carbocycles. The van der Waals surface area contributed by atoms with Crippen molar-refractivity contribution in [2.75, 3.05) is 169 Å². The molecule has 0 saturated heterocycles. The molecule has 0 aliphatic heterocycles. The number of hydrogen-bond donors (Lipinski definition) is 0. The average Bonchev–Trinajstić information content (AvgIpc) is 3.05. The van der Waals surface area contributed by atoms with Crippen molar-refractivity contribution in [1.29, 1.82) is 0 Å². The van der Waals surface area contributed by atoms with Crippen LogP contribution in [0.1, 0.15) is 0 Å². The van der Waals surface area contributed by atoms with Gasteiger partial charge in [0.2, 0.25) is 0 Å². The second-order valence-electron chi connectivity index (χ2n) is 14.5. The van der Waals surface area contributed by atoms with E-state index in [1.807, 2.05) is 0 Å².